The van der Waals surface area contributed by atoms with E-state index in [1.807, 2.05) is 31.3 Å². The van der Waals surface area contributed by atoms with Crippen LogP contribution >= 0.6 is 0 Å². The molecule has 7 nitrogen and oxygen atoms in total. The van der Waals surface area contributed by atoms with E-state index in [2.05, 4.69) is 50.7 Å². The van der Waals surface area contributed by atoms with Gasteiger partial charge in [-0.25, -0.2) is 9.89 Å². The number of hydrogen-bond acceptors (Lipinski definition) is 5. The van der Waals surface area contributed by atoms with E-state index < -0.39 is 5.97 Å². The normalized spacial score (nSPS) is 10.6. The van der Waals surface area contributed by atoms with Crippen LogP contribution in [0.3, 0.4) is 0 Å². The summed E-state index contributed by atoms with van der Waals surface area (Å²) in [6, 6.07) is 19.6. The largest absolute Gasteiger partial charge is 0.476 e. The van der Waals surface area contributed by atoms with Gasteiger partial charge in [0.25, 0.3) is 5.88 Å². The van der Waals surface area contributed by atoms with Crippen molar-refractivity contribution in [2.24, 2.45) is 0 Å². The second kappa shape index (κ2) is 7.32. The highest BCUT2D eigenvalue weighted by molar-refractivity contribution is 5.87. The van der Waals surface area contributed by atoms with E-state index in [0.29, 0.717) is 5.75 Å². The van der Waals surface area contributed by atoms with Gasteiger partial charge in [0.15, 0.2) is 0 Å². The number of aromatic nitrogens is 4. The molecule has 0 atom stereocenters. The summed E-state index contributed by atoms with van der Waals surface area (Å²) in [6.45, 7) is 1.97. The van der Waals surface area contributed by atoms with Gasteiger partial charge < -0.3 is 9.84 Å². The summed E-state index contributed by atoms with van der Waals surface area (Å²) in [5, 5.41) is 18.4. The third-order valence-electron chi connectivity index (χ3n) is 4.25. The molecule has 0 aliphatic rings. The fraction of sp³-hybridized carbons (Fsp3) is 0.0476. The summed E-state index contributed by atoms with van der Waals surface area (Å²) in [7, 11) is 0. The predicted octanol–water partition coefficient (Wildman–Crippen LogP) is 4.33. The topological polar surface area (TPSA) is 101 Å². The molecule has 0 aliphatic carbocycles. The lowest BCUT2D eigenvalue weighted by molar-refractivity contribution is 0.0687. The van der Waals surface area contributed by atoms with Gasteiger partial charge in [-0.05, 0) is 53.4 Å². The van der Waals surface area contributed by atoms with E-state index in [1.165, 1.54) is 0 Å². The van der Waals surface area contributed by atoms with Gasteiger partial charge in [0, 0.05) is 11.9 Å². The minimum absolute atomic E-state index is 0.0720. The number of carbonyl (C=O) groups is 1. The van der Waals surface area contributed by atoms with Gasteiger partial charge in [-0.3, -0.25) is 4.98 Å². The second-order valence-electron chi connectivity index (χ2n) is 6.19. The first-order chi connectivity index (χ1) is 13.6. The highest BCUT2D eigenvalue weighted by atomic mass is 16.5. The number of benzene rings is 2. The van der Waals surface area contributed by atoms with Crippen molar-refractivity contribution in [1.82, 2.24) is 20.4 Å². The number of H-pyrrole nitrogens is 1. The van der Waals surface area contributed by atoms with Crippen LogP contribution in [-0.4, -0.2) is 31.5 Å². The Morgan fingerprint density at radius 1 is 0.929 bits per heavy atom. The number of ether oxygens (including phenoxy) is 1. The number of pyridine rings is 1. The van der Waals surface area contributed by atoms with Crippen molar-refractivity contribution >= 4 is 5.97 Å². The summed E-state index contributed by atoms with van der Waals surface area (Å²) in [4.78, 5) is 15.3. The molecule has 0 aliphatic heterocycles. The van der Waals surface area contributed by atoms with E-state index in [-0.39, 0.29) is 11.6 Å². The summed E-state index contributed by atoms with van der Waals surface area (Å²) in [6.07, 6.45) is 1.81. The first kappa shape index (κ1) is 17.4. The van der Waals surface area contributed by atoms with Crippen LogP contribution in [0.1, 0.15) is 16.2 Å². The van der Waals surface area contributed by atoms with Crippen molar-refractivity contribution in [2.45, 2.75) is 6.92 Å². The number of carboxylic acids is 1. The standard InChI is InChI=1S/C21H16N4O3/c1-13-12-17(10-11-22-13)16-4-2-14(3-5-16)15-6-8-18(9-7-15)28-20-19(21(26)27)23-25-24-20/h2-12H,1H3,(H,26,27)(H,23,24,25). The minimum atomic E-state index is -1.18. The molecule has 2 aromatic carbocycles. The smallest absolute Gasteiger partial charge is 0.359 e. The molecule has 28 heavy (non-hydrogen) atoms. The highest BCUT2D eigenvalue weighted by Crippen LogP contribution is 2.28. The summed E-state index contributed by atoms with van der Waals surface area (Å²) in [5.41, 5.74) is 5.13. The lowest BCUT2D eigenvalue weighted by atomic mass is 10.0. The molecule has 4 aromatic rings. The van der Waals surface area contributed by atoms with Crippen LogP contribution in [0.5, 0.6) is 11.6 Å². The number of nitrogens with zero attached hydrogens (tertiary/aromatic N) is 3. The van der Waals surface area contributed by atoms with E-state index >= 15 is 0 Å². The first-order valence-corrected chi connectivity index (χ1v) is 8.56. The SMILES string of the molecule is Cc1cc(-c2ccc(-c3ccc(Oc4nn[nH]c4C(=O)O)cc3)cc2)ccn1. The Hall–Kier alpha value is -4.00. The minimum Gasteiger partial charge on any atom is -0.476 e. The first-order valence-electron chi connectivity index (χ1n) is 8.56. The third-order valence-corrected chi connectivity index (χ3v) is 4.25. The van der Waals surface area contributed by atoms with Crippen molar-refractivity contribution in [3.63, 3.8) is 0 Å². The maximum Gasteiger partial charge on any atom is 0.359 e. The van der Waals surface area contributed by atoms with Crippen molar-refractivity contribution in [1.29, 1.82) is 0 Å². The van der Waals surface area contributed by atoms with E-state index in [9.17, 15) is 4.79 Å². The maximum absolute atomic E-state index is 11.1. The Bertz CT molecular complexity index is 1120. The number of aryl methyl sites for hydroxylation is 1. The fourth-order valence-electron chi connectivity index (χ4n) is 2.84. The molecule has 0 radical (unpaired) electrons. The van der Waals surface area contributed by atoms with E-state index in [0.717, 1.165) is 27.9 Å². The number of rotatable bonds is 5. The quantitative estimate of drug-likeness (QED) is 0.541. The molecule has 4 rings (SSSR count). The van der Waals surface area contributed by atoms with Crippen molar-refractivity contribution in [2.75, 3.05) is 0 Å². The van der Waals surface area contributed by atoms with Gasteiger partial charge in [0.05, 0.1) is 0 Å². The van der Waals surface area contributed by atoms with Crippen LogP contribution in [-0.2, 0) is 0 Å². The molecular formula is C21H16N4O3. The maximum atomic E-state index is 11.1. The van der Waals surface area contributed by atoms with Crippen molar-refractivity contribution in [3.8, 4) is 33.9 Å². The van der Waals surface area contributed by atoms with Crippen LogP contribution in [0.15, 0.2) is 66.9 Å². The van der Waals surface area contributed by atoms with Crippen LogP contribution in [0.4, 0.5) is 0 Å². The molecule has 138 valence electrons. The lowest BCUT2D eigenvalue weighted by Gasteiger charge is -2.07. The molecule has 7 heteroatoms. The number of hydrogen-bond donors (Lipinski definition) is 2. The van der Waals surface area contributed by atoms with Crippen LogP contribution in [0, 0.1) is 6.92 Å². The number of nitrogens with one attached hydrogen (secondary N) is 1. The molecule has 2 heterocycles. The zero-order chi connectivity index (χ0) is 19.5. The van der Waals surface area contributed by atoms with E-state index in [1.54, 1.807) is 12.1 Å². The van der Waals surface area contributed by atoms with Crippen LogP contribution < -0.4 is 4.74 Å². The Kier molecular flexibility index (Phi) is 4.55. The monoisotopic (exact) mass is 372 g/mol. The molecule has 0 amide bonds. The van der Waals surface area contributed by atoms with Crippen LogP contribution in [0.25, 0.3) is 22.3 Å². The highest BCUT2D eigenvalue weighted by Gasteiger charge is 2.16. The molecule has 0 unspecified atom stereocenters. The van der Waals surface area contributed by atoms with E-state index in [4.69, 9.17) is 9.84 Å². The summed E-state index contributed by atoms with van der Waals surface area (Å²) >= 11 is 0. The predicted molar refractivity (Wildman–Crippen MR) is 103 cm³/mol. The average Bonchev–Trinajstić information content (AvgIpc) is 3.17. The molecule has 0 fully saturated rings. The molecule has 0 bridgehead atoms. The van der Waals surface area contributed by atoms with Gasteiger partial charge >= 0.3 is 5.97 Å². The molecular weight excluding hydrogens is 356 g/mol. The summed E-state index contributed by atoms with van der Waals surface area (Å²) in [5.74, 6) is -0.776. The van der Waals surface area contributed by atoms with Gasteiger partial charge in [0.1, 0.15) is 5.75 Å². The molecule has 2 N–H and O–H groups in total. The van der Waals surface area contributed by atoms with Gasteiger partial charge in [-0.15, -0.1) is 0 Å². The van der Waals surface area contributed by atoms with Crippen molar-refractivity contribution in [3.05, 3.63) is 78.2 Å². The Balaban J connectivity index is 1.52. The Morgan fingerprint density at radius 2 is 1.54 bits per heavy atom. The zero-order valence-electron chi connectivity index (χ0n) is 15.0. The number of carboxylic acid groups (broad SMARTS) is 1. The number of aromatic carboxylic acids is 1. The Labute approximate surface area is 160 Å². The zero-order valence-corrected chi connectivity index (χ0v) is 15.0. The second-order valence-corrected chi connectivity index (χ2v) is 6.19. The van der Waals surface area contributed by atoms with Crippen molar-refractivity contribution < 1.29 is 14.6 Å². The lowest BCUT2D eigenvalue weighted by Crippen LogP contribution is -1.99. The molecule has 2 aromatic heterocycles. The molecule has 0 saturated carbocycles. The molecule has 0 spiro atoms. The number of aromatic amines is 1. The van der Waals surface area contributed by atoms with Gasteiger partial charge in [-0.2, -0.15) is 0 Å². The molecule has 0 saturated heterocycles. The van der Waals surface area contributed by atoms with Crippen LogP contribution in [0.2, 0.25) is 0 Å². The average molecular weight is 372 g/mol. The van der Waals surface area contributed by atoms with Gasteiger partial charge in [-0.1, -0.05) is 46.7 Å². The summed E-state index contributed by atoms with van der Waals surface area (Å²) < 4.78 is 5.50. The van der Waals surface area contributed by atoms with Gasteiger partial charge in [0.2, 0.25) is 5.69 Å². The third kappa shape index (κ3) is 3.59. The Morgan fingerprint density at radius 3 is 2.14 bits per heavy atom. The fourth-order valence-corrected chi connectivity index (χ4v) is 2.84.